The van der Waals surface area contributed by atoms with E-state index in [0.29, 0.717) is 32.8 Å². The molecule has 1 aromatic heterocycles. The summed E-state index contributed by atoms with van der Waals surface area (Å²) in [6.07, 6.45) is 1.39. The summed E-state index contributed by atoms with van der Waals surface area (Å²) in [6, 6.07) is 8.61. The topological polar surface area (TPSA) is 127 Å². The fourth-order valence-corrected chi connectivity index (χ4v) is 4.45. The van der Waals surface area contributed by atoms with Gasteiger partial charge in [0.25, 0.3) is 17.5 Å². The molecule has 3 aromatic rings. The van der Waals surface area contributed by atoms with Gasteiger partial charge in [0.05, 0.1) is 22.0 Å². The second-order valence-corrected chi connectivity index (χ2v) is 8.97. The summed E-state index contributed by atoms with van der Waals surface area (Å²) in [4.78, 5) is 50.2. The van der Waals surface area contributed by atoms with Gasteiger partial charge in [-0.3, -0.25) is 25.0 Å². The maximum absolute atomic E-state index is 13.4. The van der Waals surface area contributed by atoms with Crippen molar-refractivity contribution in [3.8, 4) is 5.69 Å². The van der Waals surface area contributed by atoms with Crippen LogP contribution in [0, 0.1) is 37.8 Å². The normalized spacial score (nSPS) is 15.1. The number of rotatable bonds is 4. The standard InChI is InChI=1S/C24H20BrN5O5/c1-12-8-20(25)21(9-13(12)2)28-23(32)19(22(31)26-24(28)33)11-18-14(3)27-29(15(18)4)16-6-5-7-17(10-16)30(34)35/h5-11H,1-4H3,(H,26,31,33)/b19-11-. The minimum absolute atomic E-state index is 0.0927. The van der Waals surface area contributed by atoms with E-state index in [-0.39, 0.29) is 11.3 Å². The van der Waals surface area contributed by atoms with E-state index in [0.717, 1.165) is 16.0 Å². The molecule has 0 spiro atoms. The van der Waals surface area contributed by atoms with Crippen LogP contribution in [-0.4, -0.2) is 32.5 Å². The first-order valence-corrected chi connectivity index (χ1v) is 11.3. The van der Waals surface area contributed by atoms with E-state index in [9.17, 15) is 24.5 Å². The third kappa shape index (κ3) is 4.26. The van der Waals surface area contributed by atoms with Crippen LogP contribution in [0.1, 0.15) is 28.1 Å². The molecule has 10 nitrogen and oxygen atoms in total. The molecule has 35 heavy (non-hydrogen) atoms. The Labute approximate surface area is 208 Å². The number of carbonyl (C=O) groups excluding carboxylic acids is 3. The van der Waals surface area contributed by atoms with Gasteiger partial charge in [0.1, 0.15) is 5.57 Å². The van der Waals surface area contributed by atoms with Gasteiger partial charge < -0.3 is 0 Å². The van der Waals surface area contributed by atoms with Gasteiger partial charge in [0.15, 0.2) is 0 Å². The third-order valence-electron chi connectivity index (χ3n) is 5.83. The number of halogens is 1. The number of urea groups is 1. The molecule has 0 aliphatic carbocycles. The van der Waals surface area contributed by atoms with Crippen LogP contribution in [0.25, 0.3) is 11.8 Å². The number of amides is 4. The molecule has 1 N–H and O–H groups in total. The first-order chi connectivity index (χ1) is 16.5. The average molecular weight is 538 g/mol. The number of non-ortho nitro benzene ring substituents is 1. The number of nitrogens with zero attached hydrogens (tertiary/aromatic N) is 4. The maximum atomic E-state index is 13.4. The van der Waals surface area contributed by atoms with Crippen molar-refractivity contribution in [2.75, 3.05) is 4.90 Å². The highest BCUT2D eigenvalue weighted by atomic mass is 79.9. The number of anilines is 1. The van der Waals surface area contributed by atoms with Gasteiger partial charge in [-0.05, 0) is 79.0 Å². The second kappa shape index (κ2) is 8.91. The number of aromatic nitrogens is 2. The Hall–Kier alpha value is -4.12. The van der Waals surface area contributed by atoms with Gasteiger partial charge in [0, 0.05) is 27.9 Å². The molecule has 0 unspecified atom stereocenters. The molecular weight excluding hydrogens is 518 g/mol. The number of hydrogen-bond acceptors (Lipinski definition) is 6. The molecule has 0 bridgehead atoms. The van der Waals surface area contributed by atoms with E-state index in [1.54, 1.807) is 38.1 Å². The van der Waals surface area contributed by atoms with Crippen molar-refractivity contribution in [2.45, 2.75) is 27.7 Å². The summed E-state index contributed by atoms with van der Waals surface area (Å²) in [5.41, 5.74) is 3.83. The second-order valence-electron chi connectivity index (χ2n) is 8.12. The zero-order chi connectivity index (χ0) is 25.6. The Kier molecular flexibility index (Phi) is 6.12. The van der Waals surface area contributed by atoms with Crippen molar-refractivity contribution in [1.82, 2.24) is 15.1 Å². The zero-order valence-corrected chi connectivity index (χ0v) is 20.8. The number of barbiturate groups is 1. The molecule has 0 saturated carbocycles. The molecule has 1 aliphatic rings. The fourth-order valence-electron chi connectivity index (χ4n) is 3.81. The maximum Gasteiger partial charge on any atom is 0.335 e. The molecular formula is C24H20BrN5O5. The van der Waals surface area contributed by atoms with Gasteiger partial charge in [-0.15, -0.1) is 0 Å². The van der Waals surface area contributed by atoms with Crippen LogP contribution in [0.15, 0.2) is 46.4 Å². The van der Waals surface area contributed by atoms with E-state index >= 15 is 0 Å². The molecule has 4 rings (SSSR count). The Morgan fingerprint density at radius 3 is 2.43 bits per heavy atom. The average Bonchev–Trinajstić information content (AvgIpc) is 3.07. The Balaban J connectivity index is 1.79. The van der Waals surface area contributed by atoms with Crippen molar-refractivity contribution >= 4 is 51.2 Å². The SMILES string of the molecule is Cc1cc(Br)c(N2C(=O)NC(=O)/C(=C/c3c(C)nn(-c4cccc([N+](=O)[O-])c4)c3C)C2=O)cc1C. The minimum atomic E-state index is -0.846. The van der Waals surface area contributed by atoms with Gasteiger partial charge in [-0.25, -0.2) is 14.4 Å². The van der Waals surface area contributed by atoms with Gasteiger partial charge in [-0.2, -0.15) is 5.10 Å². The third-order valence-corrected chi connectivity index (χ3v) is 6.46. The van der Waals surface area contributed by atoms with Crippen molar-refractivity contribution in [3.63, 3.8) is 0 Å². The number of aryl methyl sites for hydroxylation is 3. The summed E-state index contributed by atoms with van der Waals surface area (Å²) in [6.45, 7) is 7.18. The molecule has 4 amide bonds. The van der Waals surface area contributed by atoms with Crippen LogP contribution >= 0.6 is 15.9 Å². The van der Waals surface area contributed by atoms with Crippen molar-refractivity contribution in [3.05, 3.63) is 84.6 Å². The first-order valence-electron chi connectivity index (χ1n) is 10.5. The smallest absolute Gasteiger partial charge is 0.273 e. The molecule has 2 heterocycles. The summed E-state index contributed by atoms with van der Waals surface area (Å²) in [7, 11) is 0. The highest BCUT2D eigenvalue weighted by Gasteiger charge is 2.38. The lowest BCUT2D eigenvalue weighted by Gasteiger charge is -2.27. The quantitative estimate of drug-likeness (QED) is 0.226. The summed E-state index contributed by atoms with van der Waals surface area (Å²) in [5, 5.41) is 17.8. The van der Waals surface area contributed by atoms with Gasteiger partial charge >= 0.3 is 6.03 Å². The van der Waals surface area contributed by atoms with Crippen LogP contribution < -0.4 is 10.2 Å². The van der Waals surface area contributed by atoms with Crippen molar-refractivity contribution in [1.29, 1.82) is 0 Å². The summed E-state index contributed by atoms with van der Waals surface area (Å²) >= 11 is 3.40. The van der Waals surface area contributed by atoms with Crippen LogP contribution in [-0.2, 0) is 9.59 Å². The molecule has 0 radical (unpaired) electrons. The first kappa shape index (κ1) is 24.0. The van der Waals surface area contributed by atoms with E-state index in [1.165, 1.54) is 22.9 Å². The van der Waals surface area contributed by atoms with E-state index in [1.807, 2.05) is 13.8 Å². The molecule has 178 valence electrons. The Bertz CT molecular complexity index is 1470. The molecule has 1 aliphatic heterocycles. The largest absolute Gasteiger partial charge is 0.335 e. The van der Waals surface area contributed by atoms with E-state index in [2.05, 4.69) is 26.3 Å². The van der Waals surface area contributed by atoms with E-state index in [4.69, 9.17) is 0 Å². The molecule has 0 atom stereocenters. The number of imide groups is 2. The van der Waals surface area contributed by atoms with Crippen LogP contribution in [0.5, 0.6) is 0 Å². The lowest BCUT2D eigenvalue weighted by atomic mass is 10.0. The van der Waals surface area contributed by atoms with Crippen LogP contribution in [0.2, 0.25) is 0 Å². The van der Waals surface area contributed by atoms with Crippen LogP contribution in [0.3, 0.4) is 0 Å². The van der Waals surface area contributed by atoms with Gasteiger partial charge in [0.2, 0.25) is 0 Å². The predicted molar refractivity (Wildman–Crippen MR) is 132 cm³/mol. The predicted octanol–water partition coefficient (Wildman–Crippen LogP) is 4.44. The number of nitrogens with one attached hydrogen (secondary N) is 1. The number of nitro benzene ring substituents is 1. The van der Waals surface area contributed by atoms with Crippen LogP contribution in [0.4, 0.5) is 16.2 Å². The molecule has 1 saturated heterocycles. The van der Waals surface area contributed by atoms with Gasteiger partial charge in [-0.1, -0.05) is 6.07 Å². The lowest BCUT2D eigenvalue weighted by molar-refractivity contribution is -0.384. The fraction of sp³-hybridized carbons (Fsp3) is 0.167. The zero-order valence-electron chi connectivity index (χ0n) is 19.2. The minimum Gasteiger partial charge on any atom is -0.273 e. The number of carbonyl (C=O) groups is 3. The number of hydrogen-bond donors (Lipinski definition) is 1. The lowest BCUT2D eigenvalue weighted by Crippen LogP contribution is -2.54. The monoisotopic (exact) mass is 537 g/mol. The molecule has 1 fully saturated rings. The highest BCUT2D eigenvalue weighted by molar-refractivity contribution is 9.10. The molecule has 2 aromatic carbocycles. The Morgan fingerprint density at radius 1 is 1.06 bits per heavy atom. The van der Waals surface area contributed by atoms with Crippen molar-refractivity contribution < 1.29 is 19.3 Å². The van der Waals surface area contributed by atoms with Crippen molar-refractivity contribution in [2.24, 2.45) is 0 Å². The molecule has 11 heteroatoms. The number of nitro groups is 1. The number of benzene rings is 2. The summed E-state index contributed by atoms with van der Waals surface area (Å²) in [5.74, 6) is -1.59. The highest BCUT2D eigenvalue weighted by Crippen LogP contribution is 2.32. The summed E-state index contributed by atoms with van der Waals surface area (Å²) < 4.78 is 2.03. The van der Waals surface area contributed by atoms with E-state index < -0.39 is 22.8 Å². The Morgan fingerprint density at radius 2 is 1.74 bits per heavy atom.